The number of methoxy groups -OCH3 is 1. The highest BCUT2D eigenvalue weighted by molar-refractivity contribution is 6.72. The maximum absolute atomic E-state index is 16.2. The number of aliphatic hydroxyl groups excluding tert-OH is 1. The zero-order valence-corrected chi connectivity index (χ0v) is 26.6. The number of anilines is 2. The first kappa shape index (κ1) is 30.5. The number of nitrogens with zero attached hydrogens (tertiary/aromatic N) is 3. The van der Waals surface area contributed by atoms with E-state index in [0.717, 1.165) is 18.4 Å². The molecule has 6 rings (SSSR count). The second-order valence-electron chi connectivity index (χ2n) is 12.7. The molecule has 1 spiro atoms. The number of likely N-dealkylation sites (tertiary alicyclic amines) is 1. The van der Waals surface area contributed by atoms with Gasteiger partial charge in [-0.15, -0.1) is 0 Å². The third-order valence-corrected chi connectivity index (χ3v) is 12.3. The van der Waals surface area contributed by atoms with Crippen LogP contribution in [0.1, 0.15) is 37.3 Å². The summed E-state index contributed by atoms with van der Waals surface area (Å²) in [6.45, 7) is 6.57. The number of rotatable bonds is 8. The molecule has 3 saturated heterocycles. The molecule has 4 aliphatic heterocycles. The number of benzene rings is 2. The maximum Gasteiger partial charge on any atom is 0.414 e. The smallest absolute Gasteiger partial charge is 0.414 e. The fourth-order valence-corrected chi connectivity index (χ4v) is 10.2. The van der Waals surface area contributed by atoms with Crippen LogP contribution in [0.25, 0.3) is 0 Å². The Hall–Kier alpha value is -3.48. The summed E-state index contributed by atoms with van der Waals surface area (Å²) in [7, 11) is -1.91. The Kier molecular flexibility index (Phi) is 7.96. The number of hydrogen-bond acceptors (Lipinski definition) is 7. The van der Waals surface area contributed by atoms with Crippen molar-refractivity contribution < 1.29 is 37.8 Å². The average molecular weight is 626 g/mol. The standard InChI is InChI=1S/C32H40FN3O7Si/c1-20-29(44(3,4)33)27(17-28(38)34-13-5-6-23(34)19-37)43-32(20)25-16-24(41-2)11-12-26(25)36(30(32)39)18-21-7-9-22(10-8-21)35-14-15-42-31(35)40/h7-12,16,20,23,27,29,37H,5-6,13-15,17-19H2,1-4H3/t20-,23+,27+,29-,32+/m1/s1. The third-order valence-electron chi connectivity index (χ3n) is 9.80. The van der Waals surface area contributed by atoms with Crippen LogP contribution in [0, 0.1) is 5.92 Å². The number of amides is 3. The first-order valence-corrected chi connectivity index (χ1v) is 18.3. The van der Waals surface area contributed by atoms with Gasteiger partial charge in [0.2, 0.25) is 14.3 Å². The van der Waals surface area contributed by atoms with Crippen LogP contribution in [0.3, 0.4) is 0 Å². The molecule has 2 aromatic carbocycles. The number of fused-ring (bicyclic) bond motifs is 2. The number of aliphatic hydroxyl groups is 1. The van der Waals surface area contributed by atoms with Crippen molar-refractivity contribution in [3.05, 3.63) is 53.6 Å². The van der Waals surface area contributed by atoms with Gasteiger partial charge in [0.25, 0.3) is 5.91 Å². The summed E-state index contributed by atoms with van der Waals surface area (Å²) in [6, 6.07) is 12.6. The first-order chi connectivity index (χ1) is 21.0. The minimum absolute atomic E-state index is 0.0550. The Bertz CT molecular complexity index is 1450. The van der Waals surface area contributed by atoms with E-state index in [0.29, 0.717) is 42.4 Å². The highest BCUT2D eigenvalue weighted by atomic mass is 28.4. The monoisotopic (exact) mass is 625 g/mol. The van der Waals surface area contributed by atoms with Gasteiger partial charge in [-0.2, -0.15) is 0 Å². The molecule has 0 aromatic heterocycles. The lowest BCUT2D eigenvalue weighted by Crippen LogP contribution is -2.45. The van der Waals surface area contributed by atoms with Gasteiger partial charge in [0, 0.05) is 29.3 Å². The molecule has 0 bridgehead atoms. The van der Waals surface area contributed by atoms with Gasteiger partial charge in [-0.1, -0.05) is 19.1 Å². The van der Waals surface area contributed by atoms with E-state index in [1.807, 2.05) is 37.3 Å². The number of cyclic esters (lactones) is 1. The summed E-state index contributed by atoms with van der Waals surface area (Å²) in [5, 5.41) is 9.80. The molecule has 4 heterocycles. The van der Waals surface area contributed by atoms with E-state index in [4.69, 9.17) is 14.2 Å². The second-order valence-corrected chi connectivity index (χ2v) is 16.5. The van der Waals surface area contributed by atoms with Gasteiger partial charge in [-0.25, -0.2) is 4.79 Å². The van der Waals surface area contributed by atoms with Crippen LogP contribution < -0.4 is 14.5 Å². The van der Waals surface area contributed by atoms with Gasteiger partial charge in [-0.3, -0.25) is 14.5 Å². The molecule has 0 unspecified atom stereocenters. The molecular formula is C32H40FN3O7Si. The maximum atomic E-state index is 16.2. The lowest BCUT2D eigenvalue weighted by Gasteiger charge is -2.31. The van der Waals surface area contributed by atoms with Gasteiger partial charge in [0.1, 0.15) is 12.4 Å². The molecule has 3 fully saturated rings. The first-order valence-electron chi connectivity index (χ1n) is 15.3. The average Bonchev–Trinajstić information content (AvgIpc) is 3.76. The van der Waals surface area contributed by atoms with Crippen molar-refractivity contribution in [1.29, 1.82) is 0 Å². The van der Waals surface area contributed by atoms with E-state index in [2.05, 4.69) is 0 Å². The molecule has 0 aliphatic carbocycles. The van der Waals surface area contributed by atoms with E-state index >= 15 is 4.11 Å². The van der Waals surface area contributed by atoms with Gasteiger partial charge in [0.05, 0.1) is 51.1 Å². The molecule has 4 aliphatic rings. The van der Waals surface area contributed by atoms with Crippen LogP contribution in [0.5, 0.6) is 5.75 Å². The zero-order valence-electron chi connectivity index (χ0n) is 25.6. The van der Waals surface area contributed by atoms with E-state index in [9.17, 15) is 19.5 Å². The molecule has 236 valence electrons. The molecule has 5 atom stereocenters. The van der Waals surface area contributed by atoms with Crippen molar-refractivity contribution in [2.45, 2.75) is 69.1 Å². The largest absolute Gasteiger partial charge is 0.497 e. The topological polar surface area (TPSA) is 109 Å². The van der Waals surface area contributed by atoms with Gasteiger partial charge < -0.3 is 33.2 Å². The summed E-state index contributed by atoms with van der Waals surface area (Å²) in [6.07, 6.45) is 0.291. The molecule has 0 saturated carbocycles. The lowest BCUT2D eigenvalue weighted by molar-refractivity contribution is -0.150. The summed E-state index contributed by atoms with van der Waals surface area (Å²) < 4.78 is 33.5. The molecule has 1 N–H and O–H groups in total. The van der Waals surface area contributed by atoms with E-state index in [1.54, 1.807) is 47.0 Å². The number of halogens is 1. The highest BCUT2D eigenvalue weighted by Gasteiger charge is 2.67. The predicted octanol–water partition coefficient (Wildman–Crippen LogP) is 4.35. The lowest BCUT2D eigenvalue weighted by atomic mass is 9.82. The summed E-state index contributed by atoms with van der Waals surface area (Å²) in [4.78, 5) is 45.1. The Balaban J connectivity index is 1.34. The van der Waals surface area contributed by atoms with Crippen LogP contribution in [0.15, 0.2) is 42.5 Å². The quantitative estimate of drug-likeness (QED) is 0.343. The summed E-state index contributed by atoms with van der Waals surface area (Å²) in [5.74, 6) is -0.487. The SMILES string of the molecule is COc1ccc2c(c1)[C@]1(O[C@@H](CC(=O)N3CCC[C@H]3CO)[C@H]([Si](C)(C)F)[C@H]1C)C(=O)N2Cc1ccc(N2CCOC2=O)cc1. The molecule has 2 aromatic rings. The zero-order chi connectivity index (χ0) is 31.4. The molecule has 0 radical (unpaired) electrons. The van der Waals surface area contributed by atoms with Crippen molar-refractivity contribution in [2.75, 3.05) is 43.2 Å². The molecule has 12 heteroatoms. The van der Waals surface area contributed by atoms with Crippen molar-refractivity contribution >= 4 is 37.7 Å². The normalized spacial score (nSPS) is 28.3. The molecular weight excluding hydrogens is 585 g/mol. The number of ether oxygens (including phenoxy) is 3. The van der Waals surface area contributed by atoms with E-state index in [1.165, 1.54) is 0 Å². The molecule has 44 heavy (non-hydrogen) atoms. The van der Waals surface area contributed by atoms with Crippen LogP contribution in [0.2, 0.25) is 18.6 Å². The van der Waals surface area contributed by atoms with Gasteiger partial charge >= 0.3 is 6.09 Å². The predicted molar refractivity (Wildman–Crippen MR) is 164 cm³/mol. The Morgan fingerprint density at radius 1 is 1.16 bits per heavy atom. The minimum atomic E-state index is -3.46. The Labute approximate surface area is 257 Å². The van der Waals surface area contributed by atoms with Crippen molar-refractivity contribution in [1.82, 2.24) is 4.90 Å². The third kappa shape index (κ3) is 4.96. The Morgan fingerprint density at radius 3 is 2.55 bits per heavy atom. The van der Waals surface area contributed by atoms with Crippen LogP contribution in [0.4, 0.5) is 20.3 Å². The van der Waals surface area contributed by atoms with Crippen LogP contribution >= 0.6 is 0 Å². The van der Waals surface area contributed by atoms with Crippen molar-refractivity contribution in [2.24, 2.45) is 5.92 Å². The highest BCUT2D eigenvalue weighted by Crippen LogP contribution is 2.60. The summed E-state index contributed by atoms with van der Waals surface area (Å²) >= 11 is 0. The van der Waals surface area contributed by atoms with Crippen LogP contribution in [-0.4, -0.2) is 81.9 Å². The van der Waals surface area contributed by atoms with Crippen molar-refractivity contribution in [3.63, 3.8) is 0 Å². The van der Waals surface area contributed by atoms with Crippen molar-refractivity contribution in [3.8, 4) is 5.75 Å². The summed E-state index contributed by atoms with van der Waals surface area (Å²) in [5.41, 5.74) is 0.703. The Morgan fingerprint density at radius 2 is 1.91 bits per heavy atom. The second kappa shape index (κ2) is 11.5. The van der Waals surface area contributed by atoms with E-state index < -0.39 is 31.6 Å². The molecule has 10 nitrogen and oxygen atoms in total. The van der Waals surface area contributed by atoms with Gasteiger partial charge in [0.15, 0.2) is 5.60 Å². The van der Waals surface area contributed by atoms with Crippen LogP contribution in [-0.2, 0) is 31.2 Å². The fourth-order valence-electron chi connectivity index (χ4n) is 7.75. The van der Waals surface area contributed by atoms with Gasteiger partial charge in [-0.05, 0) is 61.8 Å². The van der Waals surface area contributed by atoms with E-state index in [-0.39, 0.29) is 43.5 Å². The number of carbonyl (C=O) groups excluding carboxylic acids is 3. The fraction of sp³-hybridized carbons (Fsp3) is 0.531. The number of carbonyl (C=O) groups is 3. The minimum Gasteiger partial charge on any atom is -0.497 e. The molecule has 3 amide bonds. The number of hydrogen-bond donors (Lipinski definition) is 1.